The molecule has 0 aromatic heterocycles. The van der Waals surface area contributed by atoms with Crippen molar-refractivity contribution >= 4 is 39.3 Å². The van der Waals surface area contributed by atoms with E-state index in [9.17, 15) is 50.9 Å². The summed E-state index contributed by atoms with van der Waals surface area (Å²) in [4.78, 5) is 58.1. The van der Waals surface area contributed by atoms with Crippen molar-refractivity contribution < 1.29 is 49.9 Å². The number of ketones is 1. The second-order valence-electron chi connectivity index (χ2n) is 8.70. The van der Waals surface area contributed by atoms with Gasteiger partial charge in [0, 0.05) is 25.1 Å². The maximum atomic E-state index is 13.1. The van der Waals surface area contributed by atoms with E-state index in [1.165, 1.54) is 41.7 Å². The number of rotatable bonds is 14. The van der Waals surface area contributed by atoms with Gasteiger partial charge in [-0.25, -0.2) is 0 Å². The number of nitrogens with two attached hydrogens (primary N) is 1. The number of aryl methyl sites for hydroxylation is 1. The highest BCUT2D eigenvalue weighted by Crippen LogP contribution is 2.19. The van der Waals surface area contributed by atoms with Crippen LogP contribution in [0, 0.1) is 17.0 Å². The number of nitro groups is 1. The van der Waals surface area contributed by atoms with Crippen LogP contribution in [0.3, 0.4) is 0 Å². The first-order valence-electron chi connectivity index (χ1n) is 11.9. The van der Waals surface area contributed by atoms with Crippen molar-refractivity contribution in [1.29, 1.82) is 0 Å². The normalized spacial score (nSPS) is 13.0. The van der Waals surface area contributed by atoms with Gasteiger partial charge in [0.25, 0.3) is 21.7 Å². The van der Waals surface area contributed by atoms with E-state index in [-0.39, 0.29) is 16.1 Å². The molecule has 2 atom stereocenters. The van der Waals surface area contributed by atoms with Crippen molar-refractivity contribution in [2.45, 2.75) is 36.6 Å². The van der Waals surface area contributed by atoms with Gasteiger partial charge >= 0.3 is 12.1 Å². The van der Waals surface area contributed by atoms with Crippen LogP contribution in [0.4, 0.5) is 18.9 Å². The Morgan fingerprint density at radius 1 is 1.00 bits per heavy atom. The number of hydrogen-bond donors (Lipinski definition) is 4. The maximum absolute atomic E-state index is 13.1. The average Bonchev–Trinajstić information content (AvgIpc) is 2.92. The van der Waals surface area contributed by atoms with Gasteiger partial charge in [0.05, 0.1) is 22.9 Å². The zero-order valence-electron chi connectivity index (χ0n) is 21.8. The summed E-state index contributed by atoms with van der Waals surface area (Å²) in [7, 11) is -4.53. The zero-order chi connectivity index (χ0) is 31.7. The molecule has 2 aromatic rings. The van der Waals surface area contributed by atoms with Crippen molar-refractivity contribution in [1.82, 2.24) is 16.0 Å². The highest BCUT2D eigenvalue weighted by Gasteiger charge is 2.38. The molecule has 0 radical (unpaired) electrons. The Labute approximate surface area is 237 Å². The van der Waals surface area contributed by atoms with Crippen LogP contribution in [0.5, 0.6) is 0 Å². The van der Waals surface area contributed by atoms with Crippen LogP contribution < -0.4 is 21.7 Å². The van der Waals surface area contributed by atoms with Crippen LogP contribution >= 0.6 is 0 Å². The summed E-state index contributed by atoms with van der Waals surface area (Å²) in [5.41, 5.74) is 6.30. The van der Waals surface area contributed by atoms with Gasteiger partial charge in [0.2, 0.25) is 5.91 Å². The first-order valence-corrected chi connectivity index (χ1v) is 13.3. The topological polar surface area (TPSA) is 217 Å². The molecule has 14 nitrogen and oxygen atoms in total. The van der Waals surface area contributed by atoms with E-state index in [2.05, 4.69) is 5.32 Å². The molecule has 228 valence electrons. The summed E-state index contributed by atoms with van der Waals surface area (Å²) in [5.74, 6) is -5.53. The predicted octanol–water partition coefficient (Wildman–Crippen LogP) is 0.0271. The lowest BCUT2D eigenvalue weighted by atomic mass is 10.1. The van der Waals surface area contributed by atoms with Crippen molar-refractivity contribution in [2.75, 3.05) is 19.6 Å². The lowest BCUT2D eigenvalue weighted by Gasteiger charge is -2.21. The van der Waals surface area contributed by atoms with E-state index in [0.717, 1.165) is 17.7 Å². The van der Waals surface area contributed by atoms with Crippen LogP contribution in [0.15, 0.2) is 53.4 Å². The van der Waals surface area contributed by atoms with Crippen LogP contribution in [0.1, 0.15) is 11.1 Å². The van der Waals surface area contributed by atoms with Gasteiger partial charge in [-0.3, -0.25) is 33.5 Å². The van der Waals surface area contributed by atoms with Gasteiger partial charge in [-0.05, 0) is 24.6 Å². The third-order valence-corrected chi connectivity index (χ3v) is 6.82. The molecule has 0 aliphatic rings. The first kappa shape index (κ1) is 33.8. The summed E-state index contributed by atoms with van der Waals surface area (Å²) in [6.07, 6.45) is -7.41. The van der Waals surface area contributed by atoms with Gasteiger partial charge < -0.3 is 21.7 Å². The molecule has 0 fully saturated rings. The van der Waals surface area contributed by atoms with E-state index >= 15 is 0 Å². The second kappa shape index (κ2) is 14.5. The summed E-state index contributed by atoms with van der Waals surface area (Å²) in [6, 6.07) is 8.80. The number of carbonyl (C=O) groups is 4. The molecule has 3 amide bonds. The second-order valence-corrected chi connectivity index (χ2v) is 10.3. The monoisotopic (exact) mass is 617 g/mol. The predicted molar refractivity (Wildman–Crippen MR) is 138 cm³/mol. The van der Waals surface area contributed by atoms with E-state index in [0.29, 0.717) is 0 Å². The Morgan fingerprint density at radius 3 is 2.12 bits per heavy atom. The van der Waals surface area contributed by atoms with Crippen LogP contribution in [-0.4, -0.2) is 74.8 Å². The maximum Gasteiger partial charge on any atom is 0.471 e. The largest absolute Gasteiger partial charge is 0.471 e. The fraction of sp³-hybridized carbons (Fsp3) is 0.333. The number of carbonyl (C=O) groups excluding carboxylic acids is 4. The Balaban J connectivity index is 2.16. The Morgan fingerprint density at radius 2 is 1.60 bits per heavy atom. The van der Waals surface area contributed by atoms with Gasteiger partial charge in [0.1, 0.15) is 6.04 Å². The van der Waals surface area contributed by atoms with Gasteiger partial charge in [-0.2, -0.15) is 21.6 Å². The molecule has 18 heteroatoms. The quantitative estimate of drug-likeness (QED) is 0.127. The minimum absolute atomic E-state index is 0.262. The number of nitrogens with one attached hydrogen (secondary N) is 3. The SMILES string of the molecule is Cc1ccc(S(=O)(=O)OC(Cc2ccc([N+](=O)[O-])cc2)C(=O)NC(CN)C(=O)CNC(=O)CNC(=O)C(F)(F)F)cc1. The van der Waals surface area contributed by atoms with Crippen molar-refractivity contribution in [2.24, 2.45) is 5.73 Å². The number of Topliss-reactive ketones (excluding diaryl/α,β-unsaturated/α-hetero) is 1. The Hall–Kier alpha value is -4.42. The number of nitrogens with zero attached hydrogens (tertiary/aromatic N) is 1. The lowest BCUT2D eigenvalue weighted by molar-refractivity contribution is -0.384. The lowest BCUT2D eigenvalue weighted by Crippen LogP contribution is -2.53. The number of halogens is 3. The summed E-state index contributed by atoms with van der Waals surface area (Å²) in [6.45, 7) is -0.709. The van der Waals surface area contributed by atoms with Crippen LogP contribution in [0.2, 0.25) is 0 Å². The number of amides is 3. The standard InChI is InChI=1S/C24H26F3N5O9S/c1-14-2-8-17(9-3-14)42(39,40)41-20(10-15-4-6-16(7-5-15)32(37)38)22(35)31-18(11-28)19(33)12-29-21(34)13-30-23(36)24(25,26)27/h2-9,18,20H,10-13,28H2,1H3,(H,29,34)(H,30,36)(H,31,35). The molecular weight excluding hydrogens is 591 g/mol. The number of nitro benzene ring substituents is 1. The average molecular weight is 618 g/mol. The molecule has 0 saturated carbocycles. The van der Waals surface area contributed by atoms with Gasteiger partial charge in [-0.1, -0.05) is 29.8 Å². The van der Waals surface area contributed by atoms with Crippen molar-refractivity contribution in [3.05, 3.63) is 69.8 Å². The summed E-state index contributed by atoms with van der Waals surface area (Å²) in [5, 5.41) is 16.4. The van der Waals surface area contributed by atoms with Gasteiger partial charge in [0.15, 0.2) is 11.9 Å². The summed E-state index contributed by atoms with van der Waals surface area (Å²) < 4.78 is 67.7. The molecule has 0 bridgehead atoms. The summed E-state index contributed by atoms with van der Waals surface area (Å²) >= 11 is 0. The molecule has 0 aliphatic heterocycles. The van der Waals surface area contributed by atoms with Crippen LogP contribution in [-0.2, 0) is 39.9 Å². The molecule has 2 unspecified atom stereocenters. The molecule has 2 aromatic carbocycles. The van der Waals surface area contributed by atoms with E-state index in [1.807, 2.05) is 5.32 Å². The fourth-order valence-corrected chi connectivity index (χ4v) is 4.26. The number of benzene rings is 2. The minimum Gasteiger partial charge on any atom is -0.347 e. The van der Waals surface area contributed by atoms with Gasteiger partial charge in [-0.15, -0.1) is 0 Å². The smallest absolute Gasteiger partial charge is 0.347 e. The minimum atomic E-state index is -5.22. The van der Waals surface area contributed by atoms with E-state index in [1.54, 1.807) is 6.92 Å². The zero-order valence-corrected chi connectivity index (χ0v) is 22.7. The third kappa shape index (κ3) is 10.2. The van der Waals surface area contributed by atoms with Crippen LogP contribution in [0.25, 0.3) is 0 Å². The fourth-order valence-electron chi connectivity index (χ4n) is 3.22. The molecule has 0 aliphatic carbocycles. The number of hydrogen-bond acceptors (Lipinski definition) is 10. The van der Waals surface area contributed by atoms with Crippen molar-refractivity contribution in [3.8, 4) is 0 Å². The van der Waals surface area contributed by atoms with E-state index < -0.39 is 82.9 Å². The number of alkyl halides is 3. The highest BCUT2D eigenvalue weighted by molar-refractivity contribution is 7.86. The van der Waals surface area contributed by atoms with E-state index in [4.69, 9.17) is 9.92 Å². The molecule has 42 heavy (non-hydrogen) atoms. The molecule has 5 N–H and O–H groups in total. The Kier molecular flexibility index (Phi) is 11.6. The van der Waals surface area contributed by atoms with Crippen molar-refractivity contribution in [3.63, 3.8) is 0 Å². The molecular formula is C24H26F3N5O9S. The Bertz CT molecular complexity index is 1420. The molecule has 0 heterocycles. The third-order valence-electron chi connectivity index (χ3n) is 5.48. The molecule has 0 saturated heterocycles. The highest BCUT2D eigenvalue weighted by atomic mass is 32.2. The number of non-ortho nitro benzene ring substituents is 1. The molecule has 2 rings (SSSR count). The first-order chi connectivity index (χ1) is 19.5. The molecule has 0 spiro atoms.